The number of benzene rings is 2. The molecular weight excluding hydrogens is 767 g/mol. The summed E-state index contributed by atoms with van der Waals surface area (Å²) >= 11 is 0. The van der Waals surface area contributed by atoms with Gasteiger partial charge < -0.3 is 21.5 Å². The van der Waals surface area contributed by atoms with E-state index in [0.717, 1.165) is 62.1 Å². The highest BCUT2D eigenvalue weighted by molar-refractivity contribution is 7.82. The number of nitriles is 1. The Morgan fingerprint density at radius 3 is 2.52 bits per heavy atom. The number of nitrogens with zero attached hydrogens (tertiary/aromatic N) is 7. The predicted molar refractivity (Wildman–Crippen MR) is 223 cm³/mol. The molecule has 1 unspecified atom stereocenters. The zero-order chi connectivity index (χ0) is 42.1. The van der Waals surface area contributed by atoms with Crippen LogP contribution >= 0.6 is 0 Å². The summed E-state index contributed by atoms with van der Waals surface area (Å²) in [7, 11) is 1.98. The number of rotatable bonds is 12. The predicted octanol–water partition coefficient (Wildman–Crippen LogP) is 4.08. The van der Waals surface area contributed by atoms with Crippen molar-refractivity contribution < 1.29 is 27.7 Å². The first kappa shape index (κ1) is 45.5. The number of carbonyl (C=O) groups is 2. The normalized spacial score (nSPS) is 17.7. The van der Waals surface area contributed by atoms with Gasteiger partial charge in [-0.15, -0.1) is 0 Å². The molecule has 2 aromatic carbocycles. The Bertz CT molecular complexity index is 2070. The van der Waals surface area contributed by atoms with Crippen molar-refractivity contribution >= 4 is 53.0 Å². The fourth-order valence-electron chi connectivity index (χ4n) is 7.64. The number of halogens is 2. The number of aliphatic imine (C=N–C) groups is 2. The van der Waals surface area contributed by atoms with Crippen LogP contribution in [0, 0.1) is 28.6 Å². The van der Waals surface area contributed by atoms with Gasteiger partial charge in [0.05, 0.1) is 41.0 Å². The van der Waals surface area contributed by atoms with Gasteiger partial charge in [0.25, 0.3) is 0 Å². The number of anilines is 1. The monoisotopic (exact) mass is 818 g/mol. The molecule has 3 aromatic rings. The van der Waals surface area contributed by atoms with Gasteiger partial charge in [-0.25, -0.2) is 17.3 Å². The van der Waals surface area contributed by atoms with Crippen LogP contribution in [0.15, 0.2) is 63.3 Å². The molecule has 3 aliphatic rings. The third kappa shape index (κ3) is 12.2. The highest BCUT2D eigenvalue weighted by Crippen LogP contribution is 2.48. The number of nitrogens with one attached hydrogen (secondary N) is 2. The number of aromatic nitrogens is 2. The van der Waals surface area contributed by atoms with Crippen LogP contribution < -0.4 is 16.4 Å². The number of nitrogens with two attached hydrogens (primary N) is 1. The molecule has 17 heteroatoms. The van der Waals surface area contributed by atoms with E-state index >= 15 is 0 Å². The van der Waals surface area contributed by atoms with Crippen LogP contribution in [0.1, 0.15) is 67.6 Å². The summed E-state index contributed by atoms with van der Waals surface area (Å²) in [4.78, 5) is 33.4. The smallest absolute Gasteiger partial charge is 0.227 e. The molecule has 2 aliphatic heterocycles. The Morgan fingerprint density at radius 2 is 1.86 bits per heavy atom. The van der Waals surface area contributed by atoms with Crippen molar-refractivity contribution in [1.29, 1.82) is 5.26 Å². The molecule has 1 spiro atoms. The summed E-state index contributed by atoms with van der Waals surface area (Å²) in [5, 5.41) is 27.4. The lowest BCUT2D eigenvalue weighted by molar-refractivity contribution is -0.116. The van der Waals surface area contributed by atoms with Crippen LogP contribution in [0.4, 0.5) is 14.6 Å². The second kappa shape index (κ2) is 22.7. The van der Waals surface area contributed by atoms with Gasteiger partial charge in [-0.05, 0) is 99.5 Å². The van der Waals surface area contributed by atoms with Crippen molar-refractivity contribution in [1.82, 2.24) is 24.3 Å². The summed E-state index contributed by atoms with van der Waals surface area (Å²) in [6.45, 7) is 6.00. The van der Waals surface area contributed by atoms with E-state index in [-0.39, 0.29) is 24.9 Å². The quantitative estimate of drug-likeness (QED) is 0.0909. The van der Waals surface area contributed by atoms with Gasteiger partial charge in [-0.1, -0.05) is 17.9 Å². The number of aliphatic hydroxyl groups excluding tert-OH is 1. The molecule has 3 fully saturated rings. The number of hydrogen-bond donors (Lipinski definition) is 4. The molecule has 0 bridgehead atoms. The highest BCUT2D eigenvalue weighted by Gasteiger charge is 2.44. The number of amides is 2. The van der Waals surface area contributed by atoms with Crippen LogP contribution in [0.2, 0.25) is 0 Å². The fraction of sp³-hybridized carbons (Fsp3) is 0.463. The molecule has 1 atom stereocenters. The molecule has 1 aliphatic carbocycles. The van der Waals surface area contributed by atoms with Gasteiger partial charge in [0.2, 0.25) is 12.3 Å². The summed E-state index contributed by atoms with van der Waals surface area (Å²) in [5.41, 5.74) is 8.13. The molecule has 2 amide bonds. The lowest BCUT2D eigenvalue weighted by atomic mass is 9.65. The Morgan fingerprint density at radius 1 is 1.16 bits per heavy atom. The van der Waals surface area contributed by atoms with Crippen LogP contribution in [0.5, 0.6) is 0 Å². The van der Waals surface area contributed by atoms with E-state index in [4.69, 9.17) is 5.11 Å². The molecule has 14 nitrogen and oxygen atoms in total. The second-order valence-electron chi connectivity index (χ2n) is 14.2. The maximum Gasteiger partial charge on any atom is 0.227 e. The van der Waals surface area contributed by atoms with E-state index < -0.39 is 23.7 Å². The lowest BCUT2D eigenvalue weighted by Gasteiger charge is -2.53. The van der Waals surface area contributed by atoms with Gasteiger partial charge in [-0.2, -0.15) is 10.4 Å². The van der Waals surface area contributed by atoms with E-state index in [9.17, 15) is 27.8 Å². The van der Waals surface area contributed by atoms with Gasteiger partial charge in [-0.3, -0.25) is 29.2 Å². The Kier molecular flexibility index (Phi) is 17.8. The van der Waals surface area contributed by atoms with Crippen molar-refractivity contribution in [3.8, 4) is 17.9 Å². The fourth-order valence-corrected chi connectivity index (χ4v) is 8.88. The third-order valence-electron chi connectivity index (χ3n) is 10.5. The van der Waals surface area contributed by atoms with Crippen molar-refractivity contribution in [2.75, 3.05) is 58.5 Å². The number of hydrogen-bond acceptors (Lipinski definition) is 10. The SMILES string of the molecule is C=N/C=C(/F)C=NC1CCN(S(=O)c2ccc(C#N)c(C#CCN3CC4(CCC(c5ccc6c(NC(=O)CCNC=O)nn(C)c6c5)CC4)C3)c2)CC1.CN.OCF. The first-order valence-corrected chi connectivity index (χ1v) is 20.2. The number of aliphatic hydroxyl groups is 1. The van der Waals surface area contributed by atoms with Crippen molar-refractivity contribution in [3.63, 3.8) is 0 Å². The van der Waals surface area contributed by atoms with Crippen LogP contribution in [0.25, 0.3) is 10.9 Å². The van der Waals surface area contributed by atoms with E-state index in [1.807, 2.05) is 17.4 Å². The number of fused-ring (bicyclic) bond motifs is 1. The van der Waals surface area contributed by atoms with E-state index in [1.54, 1.807) is 22.9 Å². The molecule has 5 N–H and O–H groups in total. The number of piperidine rings is 1. The van der Waals surface area contributed by atoms with Crippen LogP contribution in [-0.2, 0) is 27.6 Å². The van der Waals surface area contributed by atoms with Crippen molar-refractivity contribution in [2.24, 2.45) is 28.2 Å². The maximum absolute atomic E-state index is 13.6. The number of allylic oxidation sites excluding steroid dienone is 1. The third-order valence-corrected chi connectivity index (χ3v) is 12.0. The minimum atomic E-state index is -1.41. The van der Waals surface area contributed by atoms with Gasteiger partial charge in [0.1, 0.15) is 17.1 Å². The number of likely N-dealkylation sites (tertiary alicyclic amines) is 1. The van der Waals surface area contributed by atoms with E-state index in [2.05, 4.69) is 73.1 Å². The Balaban J connectivity index is 0.00000142. The number of carbonyl (C=O) groups excluding carboxylic acids is 2. The minimum absolute atomic E-state index is 0.0463. The lowest BCUT2D eigenvalue weighted by Crippen LogP contribution is -2.57. The molecule has 1 aromatic heterocycles. The largest absolute Gasteiger partial charge is 0.366 e. The zero-order valence-corrected chi connectivity index (χ0v) is 33.8. The number of alkyl halides is 1. The van der Waals surface area contributed by atoms with Gasteiger partial charge in [0, 0.05) is 57.1 Å². The van der Waals surface area contributed by atoms with Crippen molar-refractivity contribution in [2.45, 2.75) is 61.8 Å². The molecule has 6 rings (SSSR count). The molecule has 0 radical (unpaired) electrons. The van der Waals surface area contributed by atoms with Crippen LogP contribution in [0.3, 0.4) is 0 Å². The summed E-state index contributed by atoms with van der Waals surface area (Å²) in [5.74, 6) is 6.70. The summed E-state index contributed by atoms with van der Waals surface area (Å²) in [6, 6.07) is 13.8. The van der Waals surface area contributed by atoms with Gasteiger partial charge >= 0.3 is 0 Å². The molecule has 1 saturated carbocycles. The topological polar surface area (TPSA) is 194 Å². The molecule has 3 heterocycles. The first-order chi connectivity index (χ1) is 28.1. The Hall–Kier alpha value is -5.17. The summed E-state index contributed by atoms with van der Waals surface area (Å²) in [6.07, 6.45) is 8.78. The maximum atomic E-state index is 13.6. The van der Waals surface area contributed by atoms with E-state index in [0.29, 0.717) is 72.1 Å². The standard InChI is InChI=1S/C39H44FN9O3S.CH3FO.CH5N/c1-42-23-32(40)24-44-33-12-18-49(19-13-33)53(52)34-7-5-31(22-41)29(20-34)4-3-17-48-25-39(26-48)14-9-28(10-15-39)30-6-8-35-36(21-30)47(2)46-38(35)45-37(51)11-16-43-27-50;2-1-3;1-2/h5-8,20-21,23-24,27-28,33H,1,9-19,25-26H2,2H3,(H,43,50)(H,45,46,51);3H,1H2;2H2,1H3/b32-23+,44-24?;;. The minimum Gasteiger partial charge on any atom is -0.366 e. The van der Waals surface area contributed by atoms with Gasteiger partial charge in [0.15, 0.2) is 18.5 Å². The van der Waals surface area contributed by atoms with Crippen LogP contribution in [-0.4, -0.2) is 113 Å². The highest BCUT2D eigenvalue weighted by atomic mass is 32.2. The molecule has 2 saturated heterocycles. The van der Waals surface area contributed by atoms with E-state index in [1.165, 1.54) is 12.6 Å². The molecule has 58 heavy (non-hydrogen) atoms. The zero-order valence-electron chi connectivity index (χ0n) is 33.0. The van der Waals surface area contributed by atoms with Crippen molar-refractivity contribution in [3.05, 3.63) is 65.1 Å². The average Bonchev–Trinajstić information content (AvgIpc) is 3.54. The first-order valence-electron chi connectivity index (χ1n) is 19.1. The summed E-state index contributed by atoms with van der Waals surface area (Å²) < 4.78 is 40.5. The molecule has 310 valence electrons. The second-order valence-corrected chi connectivity index (χ2v) is 15.6. The average molecular weight is 819 g/mol. The number of aryl methyl sites for hydroxylation is 1. The molecular formula is C41H52F2N10O4S. The Labute approximate surface area is 340 Å².